The molecule has 0 aliphatic rings. The lowest BCUT2D eigenvalue weighted by molar-refractivity contribution is 0.414. The molecule has 21 heavy (non-hydrogen) atoms. The molecule has 0 fully saturated rings. The van der Waals surface area contributed by atoms with E-state index in [0.717, 1.165) is 23.3 Å². The fraction of sp³-hybridized carbons (Fsp3) is 0.333. The molecule has 0 aromatic heterocycles. The Labute approximate surface area is 140 Å². The lowest BCUT2D eigenvalue weighted by atomic mass is 9.99. The minimum Gasteiger partial charge on any atom is -0.497 e. The van der Waals surface area contributed by atoms with Gasteiger partial charge in [0.2, 0.25) is 0 Å². The number of alkyl halides is 1. The van der Waals surface area contributed by atoms with E-state index in [1.807, 2.05) is 23.9 Å². The Hall–Kier alpha value is -0.930. The maximum atomic E-state index is 5.20. The van der Waals surface area contributed by atoms with Gasteiger partial charge in [-0.15, -0.1) is 11.8 Å². The first-order valence-corrected chi connectivity index (χ1v) is 9.29. The van der Waals surface area contributed by atoms with E-state index in [1.54, 1.807) is 7.11 Å². The van der Waals surface area contributed by atoms with E-state index in [-0.39, 0.29) is 0 Å². The Morgan fingerprint density at radius 1 is 1.05 bits per heavy atom. The Kier molecular flexibility index (Phi) is 7.17. The molecular formula is C18H21BrOS. The van der Waals surface area contributed by atoms with Crippen LogP contribution in [-0.4, -0.2) is 18.2 Å². The van der Waals surface area contributed by atoms with Gasteiger partial charge in [-0.05, 0) is 54.3 Å². The van der Waals surface area contributed by atoms with Gasteiger partial charge in [-0.2, -0.15) is 0 Å². The lowest BCUT2D eigenvalue weighted by Crippen LogP contribution is -2.07. The Morgan fingerprint density at radius 3 is 2.38 bits per heavy atom. The first kappa shape index (κ1) is 16.4. The van der Waals surface area contributed by atoms with Crippen molar-refractivity contribution in [3.63, 3.8) is 0 Å². The smallest absolute Gasteiger partial charge is 0.118 e. The summed E-state index contributed by atoms with van der Waals surface area (Å²) in [7, 11) is 1.71. The molecule has 0 N–H and O–H groups in total. The molecule has 0 bridgehead atoms. The fourth-order valence-electron chi connectivity index (χ4n) is 2.19. The molecule has 3 heteroatoms. The van der Waals surface area contributed by atoms with Crippen molar-refractivity contribution >= 4 is 27.7 Å². The molecular weight excluding hydrogens is 344 g/mol. The predicted molar refractivity (Wildman–Crippen MR) is 95.8 cm³/mol. The van der Waals surface area contributed by atoms with E-state index >= 15 is 0 Å². The molecule has 2 rings (SSSR count). The Morgan fingerprint density at radius 2 is 1.76 bits per heavy atom. The number of hydrogen-bond donors (Lipinski definition) is 0. The van der Waals surface area contributed by atoms with E-state index in [4.69, 9.17) is 4.74 Å². The van der Waals surface area contributed by atoms with Crippen molar-refractivity contribution < 1.29 is 4.74 Å². The molecule has 0 saturated heterocycles. The number of hydrogen-bond acceptors (Lipinski definition) is 2. The van der Waals surface area contributed by atoms with Gasteiger partial charge < -0.3 is 4.74 Å². The molecule has 1 nitrogen and oxygen atoms in total. The van der Waals surface area contributed by atoms with Gasteiger partial charge in [-0.3, -0.25) is 0 Å². The van der Waals surface area contributed by atoms with Crippen LogP contribution in [0.15, 0.2) is 59.5 Å². The molecule has 0 aliphatic carbocycles. The topological polar surface area (TPSA) is 9.23 Å². The van der Waals surface area contributed by atoms with Gasteiger partial charge >= 0.3 is 0 Å². The number of thioether (sulfide) groups is 1. The van der Waals surface area contributed by atoms with Crippen LogP contribution in [0.4, 0.5) is 0 Å². The zero-order chi connectivity index (χ0) is 14.9. The second kappa shape index (κ2) is 9.16. The predicted octanol–water partition coefficient (Wildman–Crippen LogP) is 5.43. The molecule has 0 aliphatic heterocycles. The van der Waals surface area contributed by atoms with E-state index in [0.29, 0.717) is 5.92 Å². The Balaban J connectivity index is 1.79. The molecule has 112 valence electrons. The summed E-state index contributed by atoms with van der Waals surface area (Å²) in [6.45, 7) is 0. The summed E-state index contributed by atoms with van der Waals surface area (Å²) >= 11 is 5.59. The van der Waals surface area contributed by atoms with Crippen LogP contribution in [0.2, 0.25) is 0 Å². The third-order valence-corrected chi connectivity index (χ3v) is 5.40. The van der Waals surface area contributed by atoms with Crippen LogP contribution in [-0.2, 0) is 6.42 Å². The molecule has 2 aromatic carbocycles. The summed E-state index contributed by atoms with van der Waals surface area (Å²) in [4.78, 5) is 1.36. The van der Waals surface area contributed by atoms with Crippen LogP contribution < -0.4 is 4.74 Å². The van der Waals surface area contributed by atoms with Crippen LogP contribution in [0.3, 0.4) is 0 Å². The highest BCUT2D eigenvalue weighted by molar-refractivity contribution is 9.09. The second-order valence-corrected chi connectivity index (χ2v) is 6.84. The molecule has 0 saturated carbocycles. The first-order chi connectivity index (χ1) is 10.3. The van der Waals surface area contributed by atoms with E-state index in [9.17, 15) is 0 Å². The van der Waals surface area contributed by atoms with Gasteiger partial charge in [0.05, 0.1) is 7.11 Å². The summed E-state index contributed by atoms with van der Waals surface area (Å²) in [5, 5.41) is 1.05. The molecule has 0 spiro atoms. The van der Waals surface area contributed by atoms with Gasteiger partial charge in [-0.1, -0.05) is 46.3 Å². The van der Waals surface area contributed by atoms with Gasteiger partial charge in [-0.25, -0.2) is 0 Å². The highest BCUT2D eigenvalue weighted by Gasteiger charge is 2.09. The first-order valence-electron chi connectivity index (χ1n) is 7.18. The van der Waals surface area contributed by atoms with Crippen LogP contribution in [0.5, 0.6) is 5.75 Å². The fourth-order valence-corrected chi connectivity index (χ4v) is 3.78. The highest BCUT2D eigenvalue weighted by atomic mass is 79.9. The van der Waals surface area contributed by atoms with Gasteiger partial charge in [0.25, 0.3) is 0 Å². The minimum absolute atomic E-state index is 0.676. The number of rotatable bonds is 8. The quantitative estimate of drug-likeness (QED) is 0.456. The van der Waals surface area contributed by atoms with E-state index in [2.05, 4.69) is 58.4 Å². The maximum absolute atomic E-state index is 5.20. The third kappa shape index (κ3) is 5.76. The summed E-state index contributed by atoms with van der Waals surface area (Å²) < 4.78 is 5.20. The third-order valence-electron chi connectivity index (χ3n) is 3.44. The highest BCUT2D eigenvalue weighted by Crippen LogP contribution is 2.23. The number of methoxy groups -OCH3 is 1. The molecule has 0 heterocycles. The second-order valence-electron chi connectivity index (χ2n) is 5.02. The lowest BCUT2D eigenvalue weighted by Gasteiger charge is -2.14. The molecule has 2 aromatic rings. The van der Waals surface area contributed by atoms with Crippen LogP contribution in [0.1, 0.15) is 12.0 Å². The minimum atomic E-state index is 0.676. The van der Waals surface area contributed by atoms with Gasteiger partial charge in [0.1, 0.15) is 5.75 Å². The summed E-state index contributed by atoms with van der Waals surface area (Å²) in [5.41, 5.74) is 1.38. The van der Waals surface area contributed by atoms with Crippen molar-refractivity contribution in [2.24, 2.45) is 5.92 Å². The van der Waals surface area contributed by atoms with Crippen LogP contribution in [0.25, 0.3) is 0 Å². The van der Waals surface area contributed by atoms with Gasteiger partial charge in [0.15, 0.2) is 0 Å². The van der Waals surface area contributed by atoms with Gasteiger partial charge in [0, 0.05) is 10.2 Å². The van der Waals surface area contributed by atoms with Crippen molar-refractivity contribution in [1.82, 2.24) is 0 Å². The normalized spacial score (nSPS) is 12.1. The number of ether oxygens (including phenoxy) is 1. The molecule has 0 amide bonds. The average molecular weight is 365 g/mol. The van der Waals surface area contributed by atoms with Crippen molar-refractivity contribution in [2.75, 3.05) is 18.2 Å². The number of halogens is 1. The van der Waals surface area contributed by atoms with Crippen molar-refractivity contribution in [2.45, 2.75) is 17.7 Å². The van der Waals surface area contributed by atoms with Crippen molar-refractivity contribution in [3.8, 4) is 5.75 Å². The summed E-state index contributed by atoms with van der Waals surface area (Å²) in [5.74, 6) is 2.76. The monoisotopic (exact) mass is 364 g/mol. The zero-order valence-electron chi connectivity index (χ0n) is 12.3. The number of benzene rings is 2. The van der Waals surface area contributed by atoms with E-state index in [1.165, 1.54) is 16.9 Å². The average Bonchev–Trinajstić information content (AvgIpc) is 2.55. The van der Waals surface area contributed by atoms with Crippen molar-refractivity contribution in [3.05, 3.63) is 60.2 Å². The SMILES string of the molecule is COc1ccc(CC(CBr)CCSc2ccccc2)cc1. The summed E-state index contributed by atoms with van der Waals surface area (Å²) in [6.07, 6.45) is 2.33. The molecule has 0 radical (unpaired) electrons. The molecule has 1 unspecified atom stereocenters. The maximum Gasteiger partial charge on any atom is 0.118 e. The standard InChI is InChI=1S/C18H21BrOS/c1-20-17-9-7-15(8-10-17)13-16(14-19)11-12-21-18-5-3-2-4-6-18/h2-10,16H,11-14H2,1H3. The zero-order valence-corrected chi connectivity index (χ0v) is 14.7. The van der Waals surface area contributed by atoms with E-state index < -0.39 is 0 Å². The van der Waals surface area contributed by atoms with Crippen molar-refractivity contribution in [1.29, 1.82) is 0 Å². The molecule has 1 atom stereocenters. The Bertz CT molecular complexity index is 513. The summed E-state index contributed by atoms with van der Waals surface area (Å²) in [6, 6.07) is 19.0. The largest absolute Gasteiger partial charge is 0.497 e. The van der Waals surface area contributed by atoms with Crippen LogP contribution in [0, 0.1) is 5.92 Å². The van der Waals surface area contributed by atoms with Crippen LogP contribution >= 0.6 is 27.7 Å².